The molecule has 4 nitrogen and oxygen atoms in total. The zero-order chi connectivity index (χ0) is 12.8. The molecule has 3 rings (SSSR count). The predicted molar refractivity (Wildman–Crippen MR) is 56.6 cm³/mol. The Morgan fingerprint density at radius 3 is 2.50 bits per heavy atom. The number of rotatable bonds is 2. The lowest BCUT2D eigenvalue weighted by Crippen LogP contribution is -2.07. The van der Waals surface area contributed by atoms with Crippen molar-refractivity contribution in [1.29, 1.82) is 0 Å². The topological polar surface area (TPSA) is 54.5 Å². The molecule has 18 heavy (non-hydrogen) atoms. The molecule has 1 saturated carbocycles. The fraction of sp³-hybridized carbons (Fsp3) is 0.364. The highest BCUT2D eigenvalue weighted by atomic mass is 19.4. The van der Waals surface area contributed by atoms with Gasteiger partial charge in [-0.3, -0.25) is 10.1 Å². The van der Waals surface area contributed by atoms with Crippen LogP contribution in [0.3, 0.4) is 0 Å². The van der Waals surface area contributed by atoms with Crippen LogP contribution in [0.15, 0.2) is 18.3 Å². The number of pyridine rings is 1. The minimum atomic E-state index is -4.51. The summed E-state index contributed by atoms with van der Waals surface area (Å²) in [6, 6.07) is 3.51. The summed E-state index contributed by atoms with van der Waals surface area (Å²) in [5.41, 5.74) is 1.46. The molecule has 0 radical (unpaired) electrons. The van der Waals surface area contributed by atoms with E-state index in [9.17, 15) is 13.2 Å². The van der Waals surface area contributed by atoms with Gasteiger partial charge in [0.1, 0.15) is 5.69 Å². The van der Waals surface area contributed by atoms with Crippen LogP contribution in [0.5, 0.6) is 0 Å². The quantitative estimate of drug-likeness (QED) is 0.896. The van der Waals surface area contributed by atoms with Gasteiger partial charge < -0.3 is 0 Å². The molecule has 0 saturated heterocycles. The van der Waals surface area contributed by atoms with Gasteiger partial charge in [0.25, 0.3) is 0 Å². The minimum absolute atomic E-state index is 0.0373. The normalized spacial score (nSPS) is 15.9. The molecule has 0 unspecified atom stereocenters. The van der Waals surface area contributed by atoms with Crippen LogP contribution in [-0.4, -0.2) is 20.2 Å². The molecule has 2 heterocycles. The first-order valence-corrected chi connectivity index (χ1v) is 5.50. The lowest BCUT2D eigenvalue weighted by atomic mass is 10.2. The summed E-state index contributed by atoms with van der Waals surface area (Å²) in [6.45, 7) is 0. The van der Waals surface area contributed by atoms with Crippen molar-refractivity contribution >= 4 is 0 Å². The summed E-state index contributed by atoms with van der Waals surface area (Å²) in [7, 11) is 0. The van der Waals surface area contributed by atoms with Crippen LogP contribution >= 0.6 is 0 Å². The molecule has 0 aliphatic heterocycles. The van der Waals surface area contributed by atoms with Crippen molar-refractivity contribution in [1.82, 2.24) is 20.2 Å². The number of aromatic nitrogens is 4. The number of alkyl halides is 3. The van der Waals surface area contributed by atoms with Crippen molar-refractivity contribution in [2.24, 2.45) is 0 Å². The Hall–Kier alpha value is -1.92. The van der Waals surface area contributed by atoms with E-state index in [2.05, 4.69) is 15.1 Å². The number of H-pyrrole nitrogens is 1. The second kappa shape index (κ2) is 3.79. The van der Waals surface area contributed by atoms with Crippen molar-refractivity contribution in [3.05, 3.63) is 29.7 Å². The highest BCUT2D eigenvalue weighted by Crippen LogP contribution is 2.39. The third-order valence-electron chi connectivity index (χ3n) is 2.82. The number of halogens is 3. The Morgan fingerprint density at radius 1 is 1.22 bits per heavy atom. The molecule has 0 bridgehead atoms. The number of hydrogen-bond acceptors (Lipinski definition) is 3. The molecule has 0 aromatic carbocycles. The summed E-state index contributed by atoms with van der Waals surface area (Å²) in [6.07, 6.45) is -0.532. The van der Waals surface area contributed by atoms with Gasteiger partial charge in [0, 0.05) is 6.20 Å². The first-order valence-electron chi connectivity index (χ1n) is 5.50. The third kappa shape index (κ3) is 2.07. The second-order valence-corrected chi connectivity index (χ2v) is 4.26. The van der Waals surface area contributed by atoms with Gasteiger partial charge in [0.05, 0.1) is 0 Å². The highest BCUT2D eigenvalue weighted by Gasteiger charge is 2.35. The van der Waals surface area contributed by atoms with E-state index in [-0.39, 0.29) is 5.82 Å². The van der Waals surface area contributed by atoms with E-state index in [4.69, 9.17) is 0 Å². The largest absolute Gasteiger partial charge is 0.451 e. The van der Waals surface area contributed by atoms with Crippen LogP contribution in [-0.2, 0) is 6.18 Å². The van der Waals surface area contributed by atoms with E-state index in [0.29, 0.717) is 11.6 Å². The Bertz CT molecular complexity index is 554. The Balaban J connectivity index is 1.87. The summed E-state index contributed by atoms with van der Waals surface area (Å²) in [5, 5.41) is 5.39. The molecule has 1 fully saturated rings. The van der Waals surface area contributed by atoms with Gasteiger partial charge >= 0.3 is 6.18 Å². The molecule has 0 spiro atoms. The van der Waals surface area contributed by atoms with E-state index in [1.165, 1.54) is 0 Å². The standard InChI is InChI=1S/C11H9F3N4/c12-11(13,14)10-16-9(17-18-10)8-4-3-7(5-15-8)6-1-2-6/h3-6H,1-2H2,(H,16,17,18). The predicted octanol–water partition coefficient (Wildman–Crippen LogP) is 2.76. The lowest BCUT2D eigenvalue weighted by Gasteiger charge is -1.99. The monoisotopic (exact) mass is 254 g/mol. The van der Waals surface area contributed by atoms with E-state index < -0.39 is 12.0 Å². The molecule has 7 heteroatoms. The van der Waals surface area contributed by atoms with Crippen LogP contribution in [0.4, 0.5) is 13.2 Å². The lowest BCUT2D eigenvalue weighted by molar-refractivity contribution is -0.144. The fourth-order valence-corrected chi connectivity index (χ4v) is 1.70. The smallest absolute Gasteiger partial charge is 0.255 e. The van der Waals surface area contributed by atoms with E-state index >= 15 is 0 Å². The van der Waals surface area contributed by atoms with Crippen molar-refractivity contribution in [3.8, 4) is 11.5 Å². The van der Waals surface area contributed by atoms with Crippen LogP contribution in [0.1, 0.15) is 30.1 Å². The van der Waals surface area contributed by atoms with Crippen LogP contribution in [0, 0.1) is 0 Å². The van der Waals surface area contributed by atoms with Crippen LogP contribution in [0.2, 0.25) is 0 Å². The van der Waals surface area contributed by atoms with Crippen LogP contribution in [0.25, 0.3) is 11.5 Å². The van der Waals surface area contributed by atoms with Gasteiger partial charge in [0.2, 0.25) is 5.82 Å². The maximum Gasteiger partial charge on any atom is 0.451 e. The summed E-state index contributed by atoms with van der Waals surface area (Å²) in [4.78, 5) is 7.48. The maximum atomic E-state index is 12.3. The Morgan fingerprint density at radius 2 is 2.00 bits per heavy atom. The molecule has 0 amide bonds. The molecule has 2 aromatic rings. The molecule has 2 aromatic heterocycles. The summed E-state index contributed by atoms with van der Waals surface area (Å²) in [5.74, 6) is -0.584. The molecule has 1 aliphatic rings. The number of aromatic amines is 1. The second-order valence-electron chi connectivity index (χ2n) is 4.26. The number of hydrogen-bond donors (Lipinski definition) is 1. The van der Waals surface area contributed by atoms with Gasteiger partial charge in [-0.25, -0.2) is 4.98 Å². The first-order chi connectivity index (χ1) is 8.54. The third-order valence-corrected chi connectivity index (χ3v) is 2.82. The average Bonchev–Trinajstić information content (AvgIpc) is 3.05. The minimum Gasteiger partial charge on any atom is -0.255 e. The summed E-state index contributed by atoms with van der Waals surface area (Å²) >= 11 is 0. The van der Waals surface area contributed by atoms with E-state index in [1.807, 2.05) is 11.2 Å². The zero-order valence-electron chi connectivity index (χ0n) is 9.20. The summed E-state index contributed by atoms with van der Waals surface area (Å²) < 4.78 is 37.0. The molecular formula is C11H9F3N4. The van der Waals surface area contributed by atoms with Gasteiger partial charge in [-0.05, 0) is 30.4 Å². The van der Waals surface area contributed by atoms with Gasteiger partial charge in [0.15, 0.2) is 5.82 Å². The fourth-order valence-electron chi connectivity index (χ4n) is 1.70. The van der Waals surface area contributed by atoms with Gasteiger partial charge in [-0.15, -0.1) is 0 Å². The van der Waals surface area contributed by atoms with Crippen molar-refractivity contribution in [3.63, 3.8) is 0 Å². The average molecular weight is 254 g/mol. The van der Waals surface area contributed by atoms with Crippen molar-refractivity contribution in [2.45, 2.75) is 24.9 Å². The number of nitrogens with zero attached hydrogens (tertiary/aromatic N) is 3. The van der Waals surface area contributed by atoms with E-state index in [1.54, 1.807) is 12.3 Å². The molecule has 0 atom stereocenters. The number of nitrogens with one attached hydrogen (secondary N) is 1. The van der Waals surface area contributed by atoms with Gasteiger partial charge in [-0.2, -0.15) is 18.3 Å². The molecule has 1 aliphatic carbocycles. The Labute approximate surface area is 100 Å². The van der Waals surface area contributed by atoms with Crippen molar-refractivity contribution in [2.75, 3.05) is 0 Å². The highest BCUT2D eigenvalue weighted by molar-refractivity contribution is 5.49. The van der Waals surface area contributed by atoms with E-state index in [0.717, 1.165) is 18.4 Å². The van der Waals surface area contributed by atoms with Gasteiger partial charge in [-0.1, -0.05) is 6.07 Å². The maximum absolute atomic E-state index is 12.3. The van der Waals surface area contributed by atoms with Crippen molar-refractivity contribution < 1.29 is 13.2 Å². The SMILES string of the molecule is FC(F)(F)c1nc(-c2ccc(C3CC3)cn2)n[nH]1. The first kappa shape index (κ1) is 11.2. The Kier molecular flexibility index (Phi) is 2.36. The zero-order valence-corrected chi connectivity index (χ0v) is 9.20. The molecule has 1 N–H and O–H groups in total. The molecular weight excluding hydrogens is 245 g/mol. The molecule has 94 valence electrons. The van der Waals surface area contributed by atoms with Crippen LogP contribution < -0.4 is 0 Å².